The third kappa shape index (κ3) is 3.52. The van der Waals surface area contributed by atoms with Crippen LogP contribution in [0.3, 0.4) is 0 Å². The molecule has 0 aliphatic heterocycles. The minimum atomic E-state index is -0.0327. The van der Waals surface area contributed by atoms with Crippen LogP contribution in [0.5, 0.6) is 0 Å². The molecule has 0 fully saturated rings. The Hall–Kier alpha value is -1.03. The van der Waals surface area contributed by atoms with Crippen LogP contribution < -0.4 is 0 Å². The summed E-state index contributed by atoms with van der Waals surface area (Å²) in [6.45, 7) is 3.43. The third-order valence-corrected chi connectivity index (χ3v) is 2.52. The zero-order valence-electron chi connectivity index (χ0n) is 9.82. The molecule has 1 aromatic heterocycles. The first-order valence-corrected chi connectivity index (χ1v) is 6.05. The summed E-state index contributed by atoms with van der Waals surface area (Å²) in [5.74, 6) is 0.428. The molecule has 0 N–H and O–H groups in total. The number of hydrogen-bond donors (Lipinski definition) is 0. The van der Waals surface area contributed by atoms with Crippen molar-refractivity contribution < 1.29 is 4.79 Å². The number of rotatable bonds is 6. The van der Waals surface area contributed by atoms with Gasteiger partial charge in [-0.3, -0.25) is 4.79 Å². The molecule has 0 aliphatic carbocycles. The third-order valence-electron chi connectivity index (χ3n) is 2.35. The van der Waals surface area contributed by atoms with Gasteiger partial charge in [-0.1, -0.05) is 13.3 Å². The Labute approximate surface area is 101 Å². The number of aromatic nitrogens is 2. The standard InChI is InChI=1S/C11H18ClN3O/c1-3-4-6-15(7-5-12)11(16)10-8-14(2)9-13-10/h8-9H,3-7H2,1-2H3. The maximum atomic E-state index is 12.0. The number of halogens is 1. The summed E-state index contributed by atoms with van der Waals surface area (Å²) in [4.78, 5) is 17.9. The summed E-state index contributed by atoms with van der Waals surface area (Å²) in [7, 11) is 1.85. The average Bonchev–Trinajstić information content (AvgIpc) is 2.70. The van der Waals surface area contributed by atoms with Crippen molar-refractivity contribution in [2.75, 3.05) is 19.0 Å². The SMILES string of the molecule is CCCCN(CCCl)C(=O)c1cn(C)cn1. The Morgan fingerprint density at radius 2 is 2.31 bits per heavy atom. The summed E-state index contributed by atoms with van der Waals surface area (Å²) in [6, 6.07) is 0. The molecule has 90 valence electrons. The first-order chi connectivity index (χ1) is 7.69. The van der Waals surface area contributed by atoms with E-state index in [1.807, 2.05) is 7.05 Å². The molecule has 0 bridgehead atoms. The highest BCUT2D eigenvalue weighted by molar-refractivity contribution is 6.18. The van der Waals surface area contributed by atoms with Crippen molar-refractivity contribution in [2.24, 2.45) is 7.05 Å². The predicted molar refractivity (Wildman–Crippen MR) is 64.7 cm³/mol. The van der Waals surface area contributed by atoms with E-state index in [-0.39, 0.29) is 5.91 Å². The highest BCUT2D eigenvalue weighted by atomic mass is 35.5. The minimum absolute atomic E-state index is 0.0327. The fourth-order valence-electron chi connectivity index (χ4n) is 1.45. The molecule has 1 amide bonds. The van der Waals surface area contributed by atoms with E-state index < -0.39 is 0 Å². The molecular weight excluding hydrogens is 226 g/mol. The number of imidazole rings is 1. The van der Waals surface area contributed by atoms with Gasteiger partial charge in [-0.05, 0) is 6.42 Å². The van der Waals surface area contributed by atoms with Crippen molar-refractivity contribution in [2.45, 2.75) is 19.8 Å². The Balaban J connectivity index is 2.66. The molecule has 0 radical (unpaired) electrons. The minimum Gasteiger partial charge on any atom is -0.340 e. The fourth-order valence-corrected chi connectivity index (χ4v) is 1.66. The number of hydrogen-bond acceptors (Lipinski definition) is 2. The lowest BCUT2D eigenvalue weighted by atomic mass is 10.3. The predicted octanol–water partition coefficient (Wildman–Crippen LogP) is 1.90. The van der Waals surface area contributed by atoms with Crippen LogP contribution in [0.25, 0.3) is 0 Å². The lowest BCUT2D eigenvalue weighted by Gasteiger charge is -2.20. The van der Waals surface area contributed by atoms with Crippen molar-refractivity contribution in [3.05, 3.63) is 18.2 Å². The number of alkyl halides is 1. The van der Waals surface area contributed by atoms with Crippen LogP contribution in [0.4, 0.5) is 0 Å². The highest BCUT2D eigenvalue weighted by Crippen LogP contribution is 2.04. The van der Waals surface area contributed by atoms with E-state index in [9.17, 15) is 4.79 Å². The Bertz CT molecular complexity index is 338. The molecule has 1 rings (SSSR count). The molecule has 0 aromatic carbocycles. The van der Waals surface area contributed by atoms with Crippen LogP contribution in [0.15, 0.2) is 12.5 Å². The number of amides is 1. The normalized spacial score (nSPS) is 10.4. The molecule has 16 heavy (non-hydrogen) atoms. The maximum Gasteiger partial charge on any atom is 0.274 e. The summed E-state index contributed by atoms with van der Waals surface area (Å²) >= 11 is 5.69. The molecule has 1 heterocycles. The van der Waals surface area contributed by atoms with Gasteiger partial charge in [0.05, 0.1) is 6.33 Å². The van der Waals surface area contributed by atoms with Crippen molar-refractivity contribution in [1.29, 1.82) is 0 Å². The Morgan fingerprint density at radius 1 is 1.56 bits per heavy atom. The number of carbonyl (C=O) groups is 1. The first-order valence-electron chi connectivity index (χ1n) is 5.52. The fraction of sp³-hybridized carbons (Fsp3) is 0.636. The lowest BCUT2D eigenvalue weighted by molar-refractivity contribution is 0.0758. The van der Waals surface area contributed by atoms with E-state index >= 15 is 0 Å². The molecule has 0 saturated heterocycles. The summed E-state index contributed by atoms with van der Waals surface area (Å²) in [5.41, 5.74) is 0.490. The van der Waals surface area contributed by atoms with E-state index in [1.165, 1.54) is 0 Å². The number of aryl methyl sites for hydroxylation is 1. The summed E-state index contributed by atoms with van der Waals surface area (Å²) < 4.78 is 1.77. The van der Waals surface area contributed by atoms with Crippen molar-refractivity contribution in [3.8, 4) is 0 Å². The van der Waals surface area contributed by atoms with E-state index in [2.05, 4.69) is 11.9 Å². The van der Waals surface area contributed by atoms with Gasteiger partial charge < -0.3 is 9.47 Å². The van der Waals surface area contributed by atoms with Crippen LogP contribution in [0, 0.1) is 0 Å². The van der Waals surface area contributed by atoms with Crippen LogP contribution in [-0.4, -0.2) is 39.3 Å². The van der Waals surface area contributed by atoms with Crippen molar-refractivity contribution in [3.63, 3.8) is 0 Å². The van der Waals surface area contributed by atoms with E-state index in [1.54, 1.807) is 22.0 Å². The number of carbonyl (C=O) groups excluding carboxylic acids is 1. The van der Waals surface area contributed by atoms with Gasteiger partial charge >= 0.3 is 0 Å². The average molecular weight is 244 g/mol. The lowest BCUT2D eigenvalue weighted by Crippen LogP contribution is -2.33. The molecule has 0 unspecified atom stereocenters. The molecule has 0 atom stereocenters. The van der Waals surface area contributed by atoms with Crippen LogP contribution >= 0.6 is 11.6 Å². The van der Waals surface area contributed by atoms with Gasteiger partial charge in [0, 0.05) is 32.2 Å². The number of nitrogens with zero attached hydrogens (tertiary/aromatic N) is 3. The first kappa shape index (κ1) is 13.0. The van der Waals surface area contributed by atoms with E-state index in [4.69, 9.17) is 11.6 Å². The molecule has 0 aliphatic rings. The van der Waals surface area contributed by atoms with E-state index in [0.29, 0.717) is 18.1 Å². The van der Waals surface area contributed by atoms with Gasteiger partial charge in [0.1, 0.15) is 5.69 Å². The van der Waals surface area contributed by atoms with Gasteiger partial charge in [0.25, 0.3) is 5.91 Å². The van der Waals surface area contributed by atoms with Crippen molar-refractivity contribution >= 4 is 17.5 Å². The topological polar surface area (TPSA) is 38.1 Å². The largest absolute Gasteiger partial charge is 0.340 e. The molecule has 5 heteroatoms. The number of unbranched alkanes of at least 4 members (excludes halogenated alkanes) is 1. The molecule has 0 spiro atoms. The molecular formula is C11H18ClN3O. The van der Waals surface area contributed by atoms with Gasteiger partial charge in [0.15, 0.2) is 0 Å². The second kappa shape index (κ2) is 6.53. The molecule has 0 saturated carbocycles. The second-order valence-electron chi connectivity index (χ2n) is 3.76. The van der Waals surface area contributed by atoms with Gasteiger partial charge in [-0.25, -0.2) is 4.98 Å². The maximum absolute atomic E-state index is 12.0. The van der Waals surface area contributed by atoms with Gasteiger partial charge in [-0.15, -0.1) is 11.6 Å². The van der Waals surface area contributed by atoms with Crippen LogP contribution in [0.1, 0.15) is 30.3 Å². The Morgan fingerprint density at radius 3 is 2.81 bits per heavy atom. The summed E-state index contributed by atoms with van der Waals surface area (Å²) in [6.07, 6.45) is 5.42. The highest BCUT2D eigenvalue weighted by Gasteiger charge is 2.16. The van der Waals surface area contributed by atoms with Crippen LogP contribution in [0.2, 0.25) is 0 Å². The zero-order chi connectivity index (χ0) is 12.0. The van der Waals surface area contributed by atoms with Gasteiger partial charge in [0.2, 0.25) is 0 Å². The molecule has 4 nitrogen and oxygen atoms in total. The zero-order valence-corrected chi connectivity index (χ0v) is 10.6. The molecule has 1 aromatic rings. The van der Waals surface area contributed by atoms with E-state index in [0.717, 1.165) is 19.4 Å². The van der Waals surface area contributed by atoms with Gasteiger partial charge in [-0.2, -0.15) is 0 Å². The monoisotopic (exact) mass is 243 g/mol. The second-order valence-corrected chi connectivity index (χ2v) is 4.14. The Kier molecular flexibility index (Phi) is 5.32. The smallest absolute Gasteiger partial charge is 0.274 e. The van der Waals surface area contributed by atoms with Crippen molar-refractivity contribution in [1.82, 2.24) is 14.5 Å². The quantitative estimate of drug-likeness (QED) is 0.716. The van der Waals surface area contributed by atoms with Crippen LogP contribution in [-0.2, 0) is 7.05 Å². The summed E-state index contributed by atoms with van der Waals surface area (Å²) in [5, 5.41) is 0.